The summed E-state index contributed by atoms with van der Waals surface area (Å²) >= 11 is 0. The molecule has 0 amide bonds. The van der Waals surface area contributed by atoms with Crippen LogP contribution in [0.1, 0.15) is 37.3 Å². The number of fused-ring (bicyclic) bond motifs is 1. The predicted octanol–water partition coefficient (Wildman–Crippen LogP) is 2.73. The van der Waals surface area contributed by atoms with Crippen molar-refractivity contribution in [1.82, 2.24) is 4.90 Å². The first-order chi connectivity index (χ1) is 9.10. The molecule has 19 heavy (non-hydrogen) atoms. The van der Waals surface area contributed by atoms with Crippen LogP contribution in [0.25, 0.3) is 0 Å². The summed E-state index contributed by atoms with van der Waals surface area (Å²) in [7, 11) is 4.11. The quantitative estimate of drug-likeness (QED) is 0.781. The zero-order chi connectivity index (χ0) is 13.9. The second-order valence-electron chi connectivity index (χ2n) is 5.42. The number of ether oxygens (including phenoxy) is 1. The molecule has 0 aromatic heterocycles. The summed E-state index contributed by atoms with van der Waals surface area (Å²) in [6, 6.07) is 8.48. The molecule has 0 heterocycles. The van der Waals surface area contributed by atoms with E-state index >= 15 is 0 Å². The Morgan fingerprint density at radius 3 is 2.79 bits per heavy atom. The van der Waals surface area contributed by atoms with Crippen molar-refractivity contribution in [3.05, 3.63) is 35.4 Å². The van der Waals surface area contributed by atoms with Gasteiger partial charge in [0.1, 0.15) is 0 Å². The van der Waals surface area contributed by atoms with Crippen LogP contribution >= 0.6 is 0 Å². The SMILES string of the molecule is CCOC(=O)CC1(N(C)C)CCCc2ccccc21. The highest BCUT2D eigenvalue weighted by atomic mass is 16.5. The van der Waals surface area contributed by atoms with Gasteiger partial charge in [0.05, 0.1) is 18.6 Å². The zero-order valence-corrected chi connectivity index (χ0v) is 12.1. The monoisotopic (exact) mass is 261 g/mol. The van der Waals surface area contributed by atoms with Crippen LogP contribution in [0.4, 0.5) is 0 Å². The standard InChI is InChI=1S/C16H23NO2/c1-4-19-15(18)12-16(17(2)3)11-7-9-13-8-5-6-10-14(13)16/h5-6,8,10H,4,7,9,11-12H2,1-3H3. The lowest BCUT2D eigenvalue weighted by Gasteiger charge is -2.43. The van der Waals surface area contributed by atoms with Gasteiger partial charge in [-0.15, -0.1) is 0 Å². The first-order valence-electron chi connectivity index (χ1n) is 7.01. The third kappa shape index (κ3) is 2.66. The molecule has 0 saturated heterocycles. The highest BCUT2D eigenvalue weighted by Crippen LogP contribution is 2.41. The molecular formula is C16H23NO2. The summed E-state index contributed by atoms with van der Waals surface area (Å²) in [5.41, 5.74) is 2.45. The van der Waals surface area contributed by atoms with Crippen LogP contribution in [-0.2, 0) is 21.5 Å². The Hall–Kier alpha value is -1.35. The lowest BCUT2D eigenvalue weighted by atomic mass is 9.73. The van der Waals surface area contributed by atoms with E-state index in [2.05, 4.69) is 43.3 Å². The predicted molar refractivity (Wildman–Crippen MR) is 76.0 cm³/mol. The highest BCUT2D eigenvalue weighted by molar-refractivity contribution is 5.71. The number of benzene rings is 1. The fourth-order valence-electron chi connectivity index (χ4n) is 3.16. The van der Waals surface area contributed by atoms with Crippen LogP contribution in [0.3, 0.4) is 0 Å². The van der Waals surface area contributed by atoms with E-state index in [-0.39, 0.29) is 11.5 Å². The van der Waals surface area contributed by atoms with Crippen LogP contribution in [0, 0.1) is 0 Å². The van der Waals surface area contributed by atoms with Crippen molar-refractivity contribution in [3.63, 3.8) is 0 Å². The minimum Gasteiger partial charge on any atom is -0.466 e. The lowest BCUT2D eigenvalue weighted by Crippen LogP contribution is -2.46. The van der Waals surface area contributed by atoms with Crippen molar-refractivity contribution >= 4 is 5.97 Å². The summed E-state index contributed by atoms with van der Waals surface area (Å²) < 4.78 is 5.17. The zero-order valence-electron chi connectivity index (χ0n) is 12.1. The van der Waals surface area contributed by atoms with E-state index in [1.165, 1.54) is 11.1 Å². The fourth-order valence-corrected chi connectivity index (χ4v) is 3.16. The van der Waals surface area contributed by atoms with E-state index in [1.54, 1.807) is 0 Å². The van der Waals surface area contributed by atoms with Gasteiger partial charge in [0.2, 0.25) is 0 Å². The van der Waals surface area contributed by atoms with Gasteiger partial charge in [0.25, 0.3) is 0 Å². The largest absolute Gasteiger partial charge is 0.466 e. The summed E-state index contributed by atoms with van der Waals surface area (Å²) in [5.74, 6) is -0.104. The van der Waals surface area contributed by atoms with Gasteiger partial charge in [-0.2, -0.15) is 0 Å². The average Bonchev–Trinajstić information content (AvgIpc) is 2.39. The second-order valence-corrected chi connectivity index (χ2v) is 5.42. The number of rotatable bonds is 4. The van der Waals surface area contributed by atoms with Crippen molar-refractivity contribution in [3.8, 4) is 0 Å². The summed E-state index contributed by atoms with van der Waals surface area (Å²) in [6.07, 6.45) is 3.67. The van der Waals surface area contributed by atoms with Gasteiger partial charge < -0.3 is 4.74 Å². The van der Waals surface area contributed by atoms with E-state index in [4.69, 9.17) is 4.74 Å². The number of nitrogens with zero attached hydrogens (tertiary/aromatic N) is 1. The highest BCUT2D eigenvalue weighted by Gasteiger charge is 2.40. The normalized spacial score (nSPS) is 22.1. The van der Waals surface area contributed by atoms with Gasteiger partial charge in [-0.1, -0.05) is 24.3 Å². The van der Waals surface area contributed by atoms with Crippen molar-refractivity contribution in [1.29, 1.82) is 0 Å². The molecule has 1 aromatic carbocycles. The smallest absolute Gasteiger partial charge is 0.308 e. The van der Waals surface area contributed by atoms with Crippen molar-refractivity contribution in [2.24, 2.45) is 0 Å². The molecule has 3 nitrogen and oxygen atoms in total. The van der Waals surface area contributed by atoms with E-state index in [0.717, 1.165) is 19.3 Å². The average molecular weight is 261 g/mol. The number of carbonyl (C=O) groups is 1. The molecule has 2 rings (SSSR count). The van der Waals surface area contributed by atoms with Gasteiger partial charge in [0.15, 0.2) is 0 Å². The third-order valence-corrected chi connectivity index (χ3v) is 4.15. The number of carbonyl (C=O) groups excluding carboxylic acids is 1. The second kappa shape index (κ2) is 5.74. The summed E-state index contributed by atoms with van der Waals surface area (Å²) in [4.78, 5) is 14.2. The van der Waals surface area contributed by atoms with Crippen LogP contribution < -0.4 is 0 Å². The van der Waals surface area contributed by atoms with Gasteiger partial charge in [-0.3, -0.25) is 9.69 Å². The Morgan fingerprint density at radius 1 is 1.37 bits per heavy atom. The molecule has 0 saturated carbocycles. The fraction of sp³-hybridized carbons (Fsp3) is 0.562. The van der Waals surface area contributed by atoms with Gasteiger partial charge in [0, 0.05) is 0 Å². The molecule has 0 N–H and O–H groups in total. The first kappa shape index (κ1) is 14.1. The van der Waals surface area contributed by atoms with Crippen LogP contribution in [-0.4, -0.2) is 31.6 Å². The van der Waals surface area contributed by atoms with Crippen LogP contribution in [0.2, 0.25) is 0 Å². The Bertz CT molecular complexity index is 456. The third-order valence-electron chi connectivity index (χ3n) is 4.15. The first-order valence-corrected chi connectivity index (χ1v) is 7.01. The molecule has 1 aromatic rings. The minimum absolute atomic E-state index is 0.104. The molecule has 104 valence electrons. The van der Waals surface area contributed by atoms with Crippen molar-refractivity contribution in [2.75, 3.05) is 20.7 Å². The molecule has 1 unspecified atom stereocenters. The number of hydrogen-bond acceptors (Lipinski definition) is 3. The Balaban J connectivity index is 2.38. The van der Waals surface area contributed by atoms with Crippen molar-refractivity contribution in [2.45, 2.75) is 38.1 Å². The van der Waals surface area contributed by atoms with Gasteiger partial charge >= 0.3 is 5.97 Å². The molecule has 0 aliphatic heterocycles. The molecule has 1 atom stereocenters. The molecule has 0 bridgehead atoms. The van der Waals surface area contributed by atoms with Crippen molar-refractivity contribution < 1.29 is 9.53 Å². The Morgan fingerprint density at radius 2 is 2.11 bits per heavy atom. The van der Waals surface area contributed by atoms with E-state index < -0.39 is 0 Å². The minimum atomic E-state index is -0.207. The van der Waals surface area contributed by atoms with Gasteiger partial charge in [-0.25, -0.2) is 0 Å². The molecule has 0 fully saturated rings. The molecular weight excluding hydrogens is 238 g/mol. The van der Waals surface area contributed by atoms with E-state index in [9.17, 15) is 4.79 Å². The molecule has 1 aliphatic carbocycles. The Labute approximate surface area is 115 Å². The van der Waals surface area contributed by atoms with Crippen LogP contribution in [0.15, 0.2) is 24.3 Å². The van der Waals surface area contributed by atoms with Crippen LogP contribution in [0.5, 0.6) is 0 Å². The molecule has 1 aliphatic rings. The molecule has 0 radical (unpaired) electrons. The number of esters is 1. The summed E-state index contributed by atoms with van der Waals surface area (Å²) in [6.45, 7) is 2.30. The Kier molecular flexibility index (Phi) is 4.25. The number of aryl methyl sites for hydroxylation is 1. The topological polar surface area (TPSA) is 29.5 Å². The number of hydrogen-bond donors (Lipinski definition) is 0. The van der Waals surface area contributed by atoms with Gasteiger partial charge in [-0.05, 0) is 51.4 Å². The van der Waals surface area contributed by atoms with E-state index in [1.807, 2.05) is 6.92 Å². The van der Waals surface area contributed by atoms with E-state index in [0.29, 0.717) is 13.0 Å². The maximum atomic E-state index is 12.0. The lowest BCUT2D eigenvalue weighted by molar-refractivity contribution is -0.146. The molecule has 0 spiro atoms. The molecule has 3 heteroatoms. The maximum absolute atomic E-state index is 12.0. The summed E-state index contributed by atoms with van der Waals surface area (Å²) in [5, 5.41) is 0. The maximum Gasteiger partial charge on any atom is 0.308 e.